The van der Waals surface area contributed by atoms with Crippen molar-refractivity contribution >= 4 is 28.4 Å². The number of aryl methyl sites for hydroxylation is 1. The first-order valence-electron chi connectivity index (χ1n) is 5.94. The Morgan fingerprint density at radius 3 is 2.74 bits per heavy atom. The molecule has 19 heavy (non-hydrogen) atoms. The predicted octanol–water partition coefficient (Wildman–Crippen LogP) is 4.63. The van der Waals surface area contributed by atoms with Crippen LogP contribution in [0.3, 0.4) is 0 Å². The summed E-state index contributed by atoms with van der Waals surface area (Å²) in [5.41, 5.74) is 2.34. The molecule has 1 aromatic heterocycles. The molecule has 3 aromatic rings. The van der Waals surface area contributed by atoms with Gasteiger partial charge in [0.15, 0.2) is 5.76 Å². The smallest absolute Gasteiger partial charge is 0.228 e. The fourth-order valence-electron chi connectivity index (χ4n) is 2.05. The zero-order chi connectivity index (χ0) is 13.4. The molecule has 0 aliphatic heterocycles. The summed E-state index contributed by atoms with van der Waals surface area (Å²) in [6.07, 6.45) is 0. The number of furan rings is 1. The molecule has 94 valence electrons. The third kappa shape index (κ3) is 2.27. The lowest BCUT2D eigenvalue weighted by Gasteiger charge is -1.98. The number of rotatable bonds is 2. The van der Waals surface area contributed by atoms with Crippen molar-refractivity contribution in [2.24, 2.45) is 0 Å². The van der Waals surface area contributed by atoms with Gasteiger partial charge in [-0.3, -0.25) is 4.79 Å². The molecule has 0 N–H and O–H groups in total. The van der Waals surface area contributed by atoms with Crippen LogP contribution in [0.4, 0.5) is 0 Å². The van der Waals surface area contributed by atoms with Gasteiger partial charge in [0.05, 0.1) is 0 Å². The molecule has 2 nitrogen and oxygen atoms in total. The van der Waals surface area contributed by atoms with E-state index < -0.39 is 0 Å². The van der Waals surface area contributed by atoms with E-state index in [1.54, 1.807) is 30.3 Å². The topological polar surface area (TPSA) is 30.2 Å². The van der Waals surface area contributed by atoms with Crippen molar-refractivity contribution in [3.8, 4) is 0 Å². The largest absolute Gasteiger partial charge is 0.453 e. The summed E-state index contributed by atoms with van der Waals surface area (Å²) < 4.78 is 5.57. The number of hydrogen-bond acceptors (Lipinski definition) is 2. The molecule has 0 saturated carbocycles. The van der Waals surface area contributed by atoms with Gasteiger partial charge in [0.2, 0.25) is 5.78 Å². The summed E-state index contributed by atoms with van der Waals surface area (Å²) in [6.45, 7) is 1.95. The Kier molecular flexibility index (Phi) is 2.88. The Morgan fingerprint density at radius 2 is 1.95 bits per heavy atom. The van der Waals surface area contributed by atoms with Crippen LogP contribution in [0.5, 0.6) is 0 Å². The van der Waals surface area contributed by atoms with E-state index in [2.05, 4.69) is 0 Å². The van der Waals surface area contributed by atoms with Gasteiger partial charge in [0.1, 0.15) is 5.58 Å². The minimum absolute atomic E-state index is 0.115. The number of fused-ring (bicyclic) bond motifs is 1. The second-order valence-electron chi connectivity index (χ2n) is 4.49. The van der Waals surface area contributed by atoms with Gasteiger partial charge in [0, 0.05) is 16.0 Å². The maximum atomic E-state index is 12.3. The lowest BCUT2D eigenvalue weighted by molar-refractivity contribution is 0.101. The quantitative estimate of drug-likeness (QED) is 0.636. The third-order valence-electron chi connectivity index (χ3n) is 2.98. The lowest BCUT2D eigenvalue weighted by atomic mass is 10.1. The maximum absolute atomic E-state index is 12.3. The molecule has 0 bridgehead atoms. The molecular weight excluding hydrogens is 260 g/mol. The summed E-state index contributed by atoms with van der Waals surface area (Å²) in [5.74, 6) is 0.221. The van der Waals surface area contributed by atoms with Crippen molar-refractivity contribution in [1.29, 1.82) is 0 Å². The lowest BCUT2D eigenvalue weighted by Crippen LogP contribution is -1.99. The van der Waals surface area contributed by atoms with E-state index in [0.29, 0.717) is 21.9 Å². The van der Waals surface area contributed by atoms with E-state index in [9.17, 15) is 4.79 Å². The minimum Gasteiger partial charge on any atom is -0.453 e. The Morgan fingerprint density at radius 1 is 1.11 bits per heavy atom. The Balaban J connectivity index is 2.06. The zero-order valence-corrected chi connectivity index (χ0v) is 11.1. The highest BCUT2D eigenvalue weighted by molar-refractivity contribution is 6.31. The van der Waals surface area contributed by atoms with E-state index in [4.69, 9.17) is 16.0 Å². The summed E-state index contributed by atoms with van der Waals surface area (Å²) in [7, 11) is 0. The third-order valence-corrected chi connectivity index (χ3v) is 3.22. The van der Waals surface area contributed by atoms with E-state index in [1.165, 1.54) is 0 Å². The van der Waals surface area contributed by atoms with Crippen LogP contribution in [-0.2, 0) is 0 Å². The molecule has 2 aromatic carbocycles. The van der Waals surface area contributed by atoms with E-state index in [0.717, 1.165) is 10.9 Å². The zero-order valence-electron chi connectivity index (χ0n) is 10.3. The van der Waals surface area contributed by atoms with Gasteiger partial charge in [-0.05, 0) is 37.3 Å². The van der Waals surface area contributed by atoms with Gasteiger partial charge in [-0.2, -0.15) is 0 Å². The van der Waals surface area contributed by atoms with Gasteiger partial charge in [-0.15, -0.1) is 0 Å². The fraction of sp³-hybridized carbons (Fsp3) is 0.0625. The number of carbonyl (C=O) groups excluding carboxylic acids is 1. The highest BCUT2D eigenvalue weighted by Crippen LogP contribution is 2.24. The first kappa shape index (κ1) is 12.0. The van der Waals surface area contributed by atoms with Crippen molar-refractivity contribution in [3.05, 3.63) is 70.4 Å². The van der Waals surface area contributed by atoms with Crippen LogP contribution in [0.1, 0.15) is 21.7 Å². The van der Waals surface area contributed by atoms with Crippen molar-refractivity contribution in [2.45, 2.75) is 6.92 Å². The van der Waals surface area contributed by atoms with Crippen LogP contribution < -0.4 is 0 Å². The van der Waals surface area contributed by atoms with Gasteiger partial charge < -0.3 is 4.42 Å². The monoisotopic (exact) mass is 270 g/mol. The molecule has 0 aliphatic carbocycles. The molecular formula is C16H11ClO2. The van der Waals surface area contributed by atoms with Gasteiger partial charge in [-0.25, -0.2) is 0 Å². The number of hydrogen-bond donors (Lipinski definition) is 0. The first-order valence-corrected chi connectivity index (χ1v) is 6.32. The maximum Gasteiger partial charge on any atom is 0.228 e. The first-order chi connectivity index (χ1) is 9.13. The van der Waals surface area contributed by atoms with E-state index in [1.807, 2.05) is 25.1 Å². The van der Waals surface area contributed by atoms with E-state index >= 15 is 0 Å². The van der Waals surface area contributed by atoms with Crippen LogP contribution in [0.2, 0.25) is 5.02 Å². The van der Waals surface area contributed by atoms with Crippen molar-refractivity contribution in [1.82, 2.24) is 0 Å². The van der Waals surface area contributed by atoms with Gasteiger partial charge in [0.25, 0.3) is 0 Å². The second-order valence-corrected chi connectivity index (χ2v) is 4.93. The normalized spacial score (nSPS) is 10.8. The highest BCUT2D eigenvalue weighted by atomic mass is 35.5. The second kappa shape index (κ2) is 4.56. The van der Waals surface area contributed by atoms with Crippen LogP contribution in [0.15, 0.2) is 52.9 Å². The molecule has 3 rings (SSSR count). The number of halogens is 1. The minimum atomic E-state index is -0.115. The Bertz CT molecular complexity index is 771. The van der Waals surface area contributed by atoms with Gasteiger partial charge >= 0.3 is 0 Å². The molecule has 0 radical (unpaired) electrons. The number of carbonyl (C=O) groups is 1. The molecule has 0 fully saturated rings. The molecule has 0 amide bonds. The van der Waals surface area contributed by atoms with Gasteiger partial charge in [-0.1, -0.05) is 35.4 Å². The molecule has 0 saturated heterocycles. The van der Waals surface area contributed by atoms with Crippen molar-refractivity contribution < 1.29 is 9.21 Å². The Labute approximate surface area is 115 Å². The summed E-state index contributed by atoms with van der Waals surface area (Å²) in [5, 5.41) is 1.46. The number of benzene rings is 2. The summed E-state index contributed by atoms with van der Waals surface area (Å²) in [4.78, 5) is 12.3. The Hall–Kier alpha value is -2.06. The summed E-state index contributed by atoms with van der Waals surface area (Å²) >= 11 is 5.92. The molecule has 1 heterocycles. The molecule has 0 aliphatic rings. The standard InChI is InChI=1S/C16H11ClO2/c1-10-3-2-4-11(7-10)16(18)15-9-12-8-13(17)5-6-14(12)19-15/h2-9H,1H3. The molecule has 3 heteroatoms. The van der Waals surface area contributed by atoms with Crippen LogP contribution in [-0.4, -0.2) is 5.78 Å². The molecule has 0 spiro atoms. The highest BCUT2D eigenvalue weighted by Gasteiger charge is 2.14. The van der Waals surface area contributed by atoms with Crippen molar-refractivity contribution in [2.75, 3.05) is 0 Å². The average molecular weight is 271 g/mol. The fourth-order valence-corrected chi connectivity index (χ4v) is 2.24. The predicted molar refractivity (Wildman–Crippen MR) is 75.8 cm³/mol. The summed E-state index contributed by atoms with van der Waals surface area (Å²) in [6, 6.07) is 14.5. The average Bonchev–Trinajstić information content (AvgIpc) is 2.80. The molecule has 0 atom stereocenters. The van der Waals surface area contributed by atoms with E-state index in [-0.39, 0.29) is 5.78 Å². The van der Waals surface area contributed by atoms with Crippen LogP contribution >= 0.6 is 11.6 Å². The van der Waals surface area contributed by atoms with Crippen LogP contribution in [0, 0.1) is 6.92 Å². The van der Waals surface area contributed by atoms with Crippen molar-refractivity contribution in [3.63, 3.8) is 0 Å². The molecule has 0 unspecified atom stereocenters. The number of ketones is 1. The SMILES string of the molecule is Cc1cccc(C(=O)c2cc3cc(Cl)ccc3o2)c1. The van der Waals surface area contributed by atoms with Crippen LogP contribution in [0.25, 0.3) is 11.0 Å².